The summed E-state index contributed by atoms with van der Waals surface area (Å²) in [6.45, 7) is 4.24. The number of aliphatic hydroxyl groups is 1. The minimum Gasteiger partial charge on any atom is -0.392 e. The second-order valence-corrected chi connectivity index (χ2v) is 5.83. The Morgan fingerprint density at radius 1 is 1.40 bits per heavy atom. The molecule has 3 heteroatoms. The maximum Gasteiger partial charge on any atom is 0.0692 e. The first-order valence-electron chi connectivity index (χ1n) is 7.76. The van der Waals surface area contributed by atoms with Gasteiger partial charge in [-0.1, -0.05) is 25.1 Å². The topological polar surface area (TPSA) is 39.3 Å². The van der Waals surface area contributed by atoms with E-state index in [2.05, 4.69) is 47.3 Å². The zero-order valence-electron chi connectivity index (χ0n) is 12.2. The molecule has 20 heavy (non-hydrogen) atoms. The highest BCUT2D eigenvalue weighted by atomic mass is 16.3. The third-order valence-corrected chi connectivity index (χ3v) is 4.62. The van der Waals surface area contributed by atoms with Crippen LogP contribution in [-0.2, 0) is 6.42 Å². The minimum atomic E-state index is -0.166. The van der Waals surface area contributed by atoms with Gasteiger partial charge in [0.15, 0.2) is 0 Å². The Hall–Kier alpha value is -1.32. The largest absolute Gasteiger partial charge is 0.392 e. The molecule has 1 aliphatic heterocycles. The highest BCUT2D eigenvalue weighted by Crippen LogP contribution is 2.23. The molecule has 108 valence electrons. The van der Waals surface area contributed by atoms with E-state index in [4.69, 9.17) is 0 Å². The highest BCUT2D eigenvalue weighted by Gasteiger charge is 2.29. The Bertz CT molecular complexity index is 563. The van der Waals surface area contributed by atoms with Gasteiger partial charge in [0.25, 0.3) is 0 Å². The fourth-order valence-corrected chi connectivity index (χ4v) is 3.44. The van der Waals surface area contributed by atoms with E-state index >= 15 is 0 Å². The van der Waals surface area contributed by atoms with Crippen LogP contribution in [0.3, 0.4) is 0 Å². The molecular formula is C17H24N2O. The number of likely N-dealkylation sites (tertiary alicyclic amines) is 1. The summed E-state index contributed by atoms with van der Waals surface area (Å²) in [6, 6.07) is 8.84. The monoisotopic (exact) mass is 272 g/mol. The van der Waals surface area contributed by atoms with Crippen molar-refractivity contribution in [2.24, 2.45) is 0 Å². The third-order valence-electron chi connectivity index (χ3n) is 4.62. The van der Waals surface area contributed by atoms with Crippen LogP contribution in [0.5, 0.6) is 0 Å². The van der Waals surface area contributed by atoms with E-state index in [1.54, 1.807) is 0 Å². The van der Waals surface area contributed by atoms with Crippen molar-refractivity contribution in [3.05, 3.63) is 36.0 Å². The highest BCUT2D eigenvalue weighted by molar-refractivity contribution is 5.83. The first-order chi connectivity index (χ1) is 9.79. The molecule has 0 saturated carbocycles. The number of hydrogen-bond donors (Lipinski definition) is 2. The van der Waals surface area contributed by atoms with Gasteiger partial charge in [-0.15, -0.1) is 0 Å². The molecule has 0 radical (unpaired) electrons. The molecule has 1 aromatic heterocycles. The molecule has 0 bridgehead atoms. The number of benzene rings is 1. The van der Waals surface area contributed by atoms with Gasteiger partial charge in [-0.3, -0.25) is 4.90 Å². The van der Waals surface area contributed by atoms with Crippen molar-refractivity contribution in [3.8, 4) is 0 Å². The van der Waals surface area contributed by atoms with E-state index in [0.717, 1.165) is 32.4 Å². The van der Waals surface area contributed by atoms with Gasteiger partial charge in [0, 0.05) is 29.7 Å². The van der Waals surface area contributed by atoms with Gasteiger partial charge in [-0.25, -0.2) is 0 Å². The van der Waals surface area contributed by atoms with E-state index in [-0.39, 0.29) is 6.10 Å². The van der Waals surface area contributed by atoms with Crippen molar-refractivity contribution in [1.82, 2.24) is 9.88 Å². The molecule has 1 aromatic carbocycles. The summed E-state index contributed by atoms with van der Waals surface area (Å²) < 4.78 is 0. The summed E-state index contributed by atoms with van der Waals surface area (Å²) in [5, 5.41) is 11.4. The van der Waals surface area contributed by atoms with Gasteiger partial charge in [-0.2, -0.15) is 0 Å². The predicted molar refractivity (Wildman–Crippen MR) is 82.9 cm³/mol. The van der Waals surface area contributed by atoms with Gasteiger partial charge in [0.2, 0.25) is 0 Å². The lowest BCUT2D eigenvalue weighted by atomic mass is 10.1. The number of aliphatic hydroxyl groups excluding tert-OH is 1. The second-order valence-electron chi connectivity index (χ2n) is 5.83. The average Bonchev–Trinajstić information content (AvgIpc) is 3.11. The van der Waals surface area contributed by atoms with Crippen LogP contribution < -0.4 is 0 Å². The molecule has 0 spiro atoms. The summed E-state index contributed by atoms with van der Waals surface area (Å²) in [5.41, 5.74) is 2.60. The van der Waals surface area contributed by atoms with Crippen molar-refractivity contribution >= 4 is 10.9 Å². The van der Waals surface area contributed by atoms with Crippen LogP contribution in [-0.4, -0.2) is 40.2 Å². The molecule has 0 aliphatic carbocycles. The molecule has 1 aliphatic rings. The van der Waals surface area contributed by atoms with Gasteiger partial charge >= 0.3 is 0 Å². The number of rotatable bonds is 5. The Balaban J connectivity index is 1.67. The minimum absolute atomic E-state index is 0.166. The lowest BCUT2D eigenvalue weighted by Crippen LogP contribution is -2.39. The normalized spacial score (nSPS) is 21.6. The summed E-state index contributed by atoms with van der Waals surface area (Å²) in [5.74, 6) is 0. The van der Waals surface area contributed by atoms with Crippen molar-refractivity contribution in [3.63, 3.8) is 0 Å². The van der Waals surface area contributed by atoms with Crippen molar-refractivity contribution in [2.75, 3.05) is 13.1 Å². The fraction of sp³-hybridized carbons (Fsp3) is 0.529. The van der Waals surface area contributed by atoms with E-state index in [9.17, 15) is 5.11 Å². The molecule has 2 atom stereocenters. The number of para-hydroxylation sites is 1. The summed E-state index contributed by atoms with van der Waals surface area (Å²) in [7, 11) is 0. The second kappa shape index (κ2) is 5.98. The van der Waals surface area contributed by atoms with Crippen LogP contribution in [0.1, 0.15) is 31.7 Å². The quantitative estimate of drug-likeness (QED) is 0.878. The average molecular weight is 272 g/mol. The van der Waals surface area contributed by atoms with Gasteiger partial charge in [0.05, 0.1) is 6.10 Å². The SMILES string of the molecule is CCC(O)[C@@H]1CCCN1CCc1c[nH]c2ccccc12. The molecule has 0 amide bonds. The van der Waals surface area contributed by atoms with Crippen molar-refractivity contribution in [2.45, 2.75) is 44.8 Å². The number of hydrogen-bond acceptors (Lipinski definition) is 2. The first kappa shape index (κ1) is 13.7. The van der Waals surface area contributed by atoms with Crippen LogP contribution in [0, 0.1) is 0 Å². The molecule has 1 saturated heterocycles. The summed E-state index contributed by atoms with van der Waals surface area (Å²) in [4.78, 5) is 5.81. The van der Waals surface area contributed by atoms with Gasteiger partial charge in [-0.05, 0) is 43.9 Å². The van der Waals surface area contributed by atoms with E-state index in [1.807, 2.05) is 0 Å². The maximum absolute atomic E-state index is 10.1. The molecule has 2 N–H and O–H groups in total. The van der Waals surface area contributed by atoms with E-state index in [0.29, 0.717) is 6.04 Å². The molecule has 2 heterocycles. The van der Waals surface area contributed by atoms with Gasteiger partial charge < -0.3 is 10.1 Å². The van der Waals surface area contributed by atoms with Gasteiger partial charge in [0.1, 0.15) is 0 Å². The van der Waals surface area contributed by atoms with E-state index in [1.165, 1.54) is 22.9 Å². The molecule has 3 nitrogen and oxygen atoms in total. The lowest BCUT2D eigenvalue weighted by Gasteiger charge is -2.27. The van der Waals surface area contributed by atoms with Crippen LogP contribution >= 0.6 is 0 Å². The number of aromatic nitrogens is 1. The number of H-pyrrole nitrogens is 1. The van der Waals surface area contributed by atoms with Crippen LogP contribution in [0.2, 0.25) is 0 Å². The number of nitrogens with one attached hydrogen (secondary N) is 1. The maximum atomic E-state index is 10.1. The molecule has 2 aromatic rings. The Labute approximate surface area is 120 Å². The van der Waals surface area contributed by atoms with Crippen LogP contribution in [0.15, 0.2) is 30.5 Å². The molecular weight excluding hydrogens is 248 g/mol. The fourth-order valence-electron chi connectivity index (χ4n) is 3.44. The molecule has 1 unspecified atom stereocenters. The lowest BCUT2D eigenvalue weighted by molar-refractivity contribution is 0.0707. The first-order valence-corrected chi connectivity index (χ1v) is 7.76. The summed E-state index contributed by atoms with van der Waals surface area (Å²) in [6.07, 6.45) is 6.23. The number of nitrogens with zero attached hydrogens (tertiary/aromatic N) is 1. The zero-order valence-corrected chi connectivity index (χ0v) is 12.2. The smallest absolute Gasteiger partial charge is 0.0692 e. The Morgan fingerprint density at radius 3 is 3.10 bits per heavy atom. The van der Waals surface area contributed by atoms with Crippen LogP contribution in [0.25, 0.3) is 10.9 Å². The van der Waals surface area contributed by atoms with Crippen molar-refractivity contribution < 1.29 is 5.11 Å². The van der Waals surface area contributed by atoms with Crippen LogP contribution in [0.4, 0.5) is 0 Å². The number of aromatic amines is 1. The number of fused-ring (bicyclic) bond motifs is 1. The molecule has 1 fully saturated rings. The standard InChI is InChI=1S/C17H24N2O/c1-2-17(20)16-8-5-10-19(16)11-9-13-12-18-15-7-4-3-6-14(13)15/h3-4,6-7,12,16-18,20H,2,5,8-11H2,1H3/t16-,17?/m0/s1. The van der Waals surface area contributed by atoms with E-state index < -0.39 is 0 Å². The predicted octanol–water partition coefficient (Wildman–Crippen LogP) is 2.95. The Morgan fingerprint density at radius 2 is 2.25 bits per heavy atom. The van der Waals surface area contributed by atoms with Crippen molar-refractivity contribution in [1.29, 1.82) is 0 Å². The zero-order chi connectivity index (χ0) is 13.9. The Kier molecular flexibility index (Phi) is 4.08. The third kappa shape index (κ3) is 2.60. The summed E-state index contributed by atoms with van der Waals surface area (Å²) >= 11 is 0. The molecule has 3 rings (SSSR count).